The molecule has 0 unspecified atom stereocenters. The van der Waals surface area contributed by atoms with Crippen molar-refractivity contribution >= 4 is 29.1 Å². The SMILES string of the molecule is CNCCC(=O)N(C)Cc1cc(Cl)cc(Cl)c1. The van der Waals surface area contributed by atoms with Crippen LogP contribution in [0.25, 0.3) is 0 Å². The molecular weight excluding hydrogens is 259 g/mol. The third-order valence-electron chi connectivity index (χ3n) is 2.36. The lowest BCUT2D eigenvalue weighted by Gasteiger charge is -2.17. The summed E-state index contributed by atoms with van der Waals surface area (Å²) in [4.78, 5) is 13.4. The van der Waals surface area contributed by atoms with E-state index in [0.29, 0.717) is 29.6 Å². The van der Waals surface area contributed by atoms with Crippen LogP contribution in [0.4, 0.5) is 0 Å². The zero-order valence-corrected chi connectivity index (χ0v) is 11.5. The fourth-order valence-corrected chi connectivity index (χ4v) is 2.06. The Kier molecular flexibility index (Phi) is 5.75. The maximum Gasteiger partial charge on any atom is 0.223 e. The molecule has 0 aliphatic heterocycles. The average Bonchev–Trinajstić information content (AvgIpc) is 2.24. The van der Waals surface area contributed by atoms with Crippen LogP contribution in [0.1, 0.15) is 12.0 Å². The van der Waals surface area contributed by atoms with Crippen molar-refractivity contribution in [2.75, 3.05) is 20.6 Å². The number of nitrogens with zero attached hydrogens (tertiary/aromatic N) is 1. The molecule has 94 valence electrons. The topological polar surface area (TPSA) is 32.3 Å². The smallest absolute Gasteiger partial charge is 0.223 e. The number of halogens is 2. The second kappa shape index (κ2) is 6.84. The molecule has 0 radical (unpaired) electrons. The van der Waals surface area contributed by atoms with Gasteiger partial charge in [-0.1, -0.05) is 23.2 Å². The molecule has 0 fully saturated rings. The molecule has 1 amide bonds. The predicted molar refractivity (Wildman–Crippen MR) is 71.5 cm³/mol. The molecule has 1 rings (SSSR count). The number of benzene rings is 1. The lowest BCUT2D eigenvalue weighted by Crippen LogP contribution is -2.28. The van der Waals surface area contributed by atoms with Crippen LogP contribution in [0.15, 0.2) is 18.2 Å². The Balaban J connectivity index is 2.60. The maximum atomic E-state index is 11.7. The van der Waals surface area contributed by atoms with E-state index in [1.807, 2.05) is 19.2 Å². The predicted octanol–water partition coefficient (Wildman–Crippen LogP) is 2.56. The molecular formula is C12H16Cl2N2O. The molecule has 1 N–H and O–H groups in total. The van der Waals surface area contributed by atoms with Crippen molar-refractivity contribution in [3.63, 3.8) is 0 Å². The first-order valence-corrected chi connectivity index (χ1v) is 6.12. The normalized spacial score (nSPS) is 10.4. The van der Waals surface area contributed by atoms with Gasteiger partial charge in [-0.25, -0.2) is 0 Å². The molecule has 0 bridgehead atoms. The first-order chi connectivity index (χ1) is 8.02. The lowest BCUT2D eigenvalue weighted by molar-refractivity contribution is -0.130. The standard InChI is InChI=1S/C12H16Cl2N2O/c1-15-4-3-12(17)16(2)8-9-5-10(13)7-11(14)6-9/h5-7,15H,3-4,8H2,1-2H3. The molecule has 1 aromatic carbocycles. The number of rotatable bonds is 5. The molecule has 0 heterocycles. The maximum absolute atomic E-state index is 11.7. The van der Waals surface area contributed by atoms with Crippen LogP contribution < -0.4 is 5.32 Å². The van der Waals surface area contributed by atoms with E-state index in [-0.39, 0.29) is 5.91 Å². The quantitative estimate of drug-likeness (QED) is 0.895. The fraction of sp³-hybridized carbons (Fsp3) is 0.417. The third kappa shape index (κ3) is 4.94. The molecule has 0 spiro atoms. The van der Waals surface area contributed by atoms with Gasteiger partial charge in [-0.2, -0.15) is 0 Å². The summed E-state index contributed by atoms with van der Waals surface area (Å²) in [5, 5.41) is 4.12. The molecule has 3 nitrogen and oxygen atoms in total. The number of nitrogens with one attached hydrogen (secondary N) is 1. The summed E-state index contributed by atoms with van der Waals surface area (Å²) in [6, 6.07) is 5.31. The molecule has 0 saturated heterocycles. The van der Waals surface area contributed by atoms with E-state index in [1.165, 1.54) is 0 Å². The Morgan fingerprint density at radius 1 is 1.29 bits per heavy atom. The minimum absolute atomic E-state index is 0.0930. The Morgan fingerprint density at radius 3 is 2.41 bits per heavy atom. The van der Waals surface area contributed by atoms with Crippen molar-refractivity contribution in [1.82, 2.24) is 10.2 Å². The van der Waals surface area contributed by atoms with E-state index in [4.69, 9.17) is 23.2 Å². The van der Waals surface area contributed by atoms with Gasteiger partial charge in [0, 0.05) is 36.6 Å². The number of hydrogen-bond acceptors (Lipinski definition) is 2. The van der Waals surface area contributed by atoms with Gasteiger partial charge in [0.05, 0.1) is 0 Å². The van der Waals surface area contributed by atoms with Gasteiger partial charge in [0.15, 0.2) is 0 Å². The number of carbonyl (C=O) groups is 1. The van der Waals surface area contributed by atoms with Crippen molar-refractivity contribution < 1.29 is 4.79 Å². The largest absolute Gasteiger partial charge is 0.341 e. The highest BCUT2D eigenvalue weighted by Gasteiger charge is 2.09. The van der Waals surface area contributed by atoms with Crippen molar-refractivity contribution in [3.05, 3.63) is 33.8 Å². The zero-order chi connectivity index (χ0) is 12.8. The molecule has 5 heteroatoms. The number of carbonyl (C=O) groups excluding carboxylic acids is 1. The molecule has 0 aliphatic carbocycles. The van der Waals surface area contributed by atoms with Crippen LogP contribution in [0.3, 0.4) is 0 Å². The van der Waals surface area contributed by atoms with E-state index in [2.05, 4.69) is 5.32 Å². The Bertz CT molecular complexity index is 376. The van der Waals surface area contributed by atoms with Crippen LogP contribution in [0, 0.1) is 0 Å². The molecule has 0 saturated carbocycles. The molecule has 0 aliphatic rings. The van der Waals surface area contributed by atoms with E-state index in [0.717, 1.165) is 5.56 Å². The van der Waals surface area contributed by atoms with Crippen LogP contribution >= 0.6 is 23.2 Å². The number of hydrogen-bond donors (Lipinski definition) is 1. The van der Waals surface area contributed by atoms with Crippen LogP contribution in [-0.4, -0.2) is 31.4 Å². The van der Waals surface area contributed by atoms with E-state index in [9.17, 15) is 4.79 Å². The first-order valence-electron chi connectivity index (χ1n) is 5.36. The highest BCUT2D eigenvalue weighted by molar-refractivity contribution is 6.34. The summed E-state index contributed by atoms with van der Waals surface area (Å²) in [6.07, 6.45) is 0.487. The van der Waals surface area contributed by atoms with Gasteiger partial charge < -0.3 is 10.2 Å². The fourth-order valence-electron chi connectivity index (χ4n) is 1.49. The Morgan fingerprint density at radius 2 is 1.88 bits per heavy atom. The van der Waals surface area contributed by atoms with E-state index < -0.39 is 0 Å². The van der Waals surface area contributed by atoms with Gasteiger partial charge in [-0.3, -0.25) is 4.79 Å². The molecule has 0 aromatic heterocycles. The van der Waals surface area contributed by atoms with Gasteiger partial charge in [0.1, 0.15) is 0 Å². The van der Waals surface area contributed by atoms with Gasteiger partial charge in [0.2, 0.25) is 5.91 Å². The van der Waals surface area contributed by atoms with Gasteiger partial charge >= 0.3 is 0 Å². The molecule has 1 aromatic rings. The van der Waals surface area contributed by atoms with Gasteiger partial charge in [0.25, 0.3) is 0 Å². The summed E-state index contributed by atoms with van der Waals surface area (Å²) in [5.74, 6) is 0.0930. The summed E-state index contributed by atoms with van der Waals surface area (Å²) >= 11 is 11.8. The average molecular weight is 275 g/mol. The second-order valence-corrected chi connectivity index (χ2v) is 4.75. The Labute approximate surface area is 112 Å². The summed E-state index contributed by atoms with van der Waals surface area (Å²) in [5.41, 5.74) is 0.933. The zero-order valence-electron chi connectivity index (χ0n) is 9.96. The Hall–Kier alpha value is -0.770. The summed E-state index contributed by atoms with van der Waals surface area (Å²) in [6.45, 7) is 1.20. The minimum Gasteiger partial charge on any atom is -0.341 e. The van der Waals surface area contributed by atoms with Crippen molar-refractivity contribution in [2.24, 2.45) is 0 Å². The molecule has 0 atom stereocenters. The van der Waals surface area contributed by atoms with Crippen molar-refractivity contribution in [1.29, 1.82) is 0 Å². The van der Waals surface area contributed by atoms with E-state index in [1.54, 1.807) is 18.0 Å². The highest BCUT2D eigenvalue weighted by atomic mass is 35.5. The minimum atomic E-state index is 0.0930. The van der Waals surface area contributed by atoms with Crippen molar-refractivity contribution in [3.8, 4) is 0 Å². The van der Waals surface area contributed by atoms with Crippen LogP contribution in [0.2, 0.25) is 10.0 Å². The summed E-state index contributed by atoms with van der Waals surface area (Å²) < 4.78 is 0. The van der Waals surface area contributed by atoms with Crippen LogP contribution in [0.5, 0.6) is 0 Å². The van der Waals surface area contributed by atoms with E-state index >= 15 is 0 Å². The summed E-state index contributed by atoms with van der Waals surface area (Å²) in [7, 11) is 3.59. The third-order valence-corrected chi connectivity index (χ3v) is 2.79. The van der Waals surface area contributed by atoms with Crippen molar-refractivity contribution in [2.45, 2.75) is 13.0 Å². The second-order valence-electron chi connectivity index (χ2n) is 3.88. The van der Waals surface area contributed by atoms with Crippen LogP contribution in [-0.2, 0) is 11.3 Å². The van der Waals surface area contributed by atoms with Gasteiger partial charge in [-0.15, -0.1) is 0 Å². The monoisotopic (exact) mass is 274 g/mol. The highest BCUT2D eigenvalue weighted by Crippen LogP contribution is 2.19. The molecule has 17 heavy (non-hydrogen) atoms. The number of amides is 1. The lowest BCUT2D eigenvalue weighted by atomic mass is 10.2. The van der Waals surface area contributed by atoms with Gasteiger partial charge in [-0.05, 0) is 30.8 Å². The first kappa shape index (κ1) is 14.3.